The molecule has 0 aliphatic rings. The molecule has 0 bridgehead atoms. The van der Waals surface area contributed by atoms with E-state index in [1.54, 1.807) is 13.8 Å². The van der Waals surface area contributed by atoms with E-state index in [9.17, 15) is 29.1 Å². The largest absolute Gasteiger partial charge is 0.481 e. The van der Waals surface area contributed by atoms with Crippen LogP contribution in [0.5, 0.6) is 0 Å². The van der Waals surface area contributed by atoms with E-state index in [0.29, 0.717) is 25.1 Å². The van der Waals surface area contributed by atoms with Crippen molar-refractivity contribution in [2.75, 3.05) is 6.54 Å². The zero-order valence-corrected chi connectivity index (χ0v) is 19.8. The van der Waals surface area contributed by atoms with Crippen LogP contribution in [-0.2, 0) is 30.4 Å². The van der Waals surface area contributed by atoms with Gasteiger partial charge in [-0.2, -0.15) is 0 Å². The summed E-state index contributed by atoms with van der Waals surface area (Å²) in [5.74, 6) is -5.17. The minimum atomic E-state index is -1.36. The zero-order valence-electron chi connectivity index (χ0n) is 19.8. The molecule has 0 fully saturated rings. The quantitative estimate of drug-likeness (QED) is 0.118. The molecule has 0 saturated carbocycles. The molecule has 0 spiro atoms. The highest BCUT2D eigenvalue weighted by Gasteiger charge is 2.32. The minimum absolute atomic E-state index is 0.0426. The van der Waals surface area contributed by atoms with Gasteiger partial charge in [-0.25, -0.2) is 9.78 Å². The lowest BCUT2D eigenvalue weighted by Crippen LogP contribution is -2.58. The number of nitrogens with zero attached hydrogens (tertiary/aromatic N) is 1. The van der Waals surface area contributed by atoms with E-state index in [-0.39, 0.29) is 12.8 Å². The number of carbonyl (C=O) groups excluding carboxylic acids is 3. The molecule has 1 aromatic heterocycles. The second-order valence-electron chi connectivity index (χ2n) is 8.46. The third kappa shape index (κ3) is 10.5. The van der Waals surface area contributed by atoms with Gasteiger partial charge in [0.15, 0.2) is 0 Å². The number of hydrogen-bond donors (Lipinski definition) is 8. The van der Waals surface area contributed by atoms with Crippen molar-refractivity contribution in [2.45, 2.75) is 70.1 Å². The van der Waals surface area contributed by atoms with Gasteiger partial charge < -0.3 is 42.6 Å². The van der Waals surface area contributed by atoms with Crippen LogP contribution in [0, 0.1) is 5.92 Å². The zero-order chi connectivity index (χ0) is 26.5. The average Bonchev–Trinajstić information content (AvgIpc) is 3.28. The van der Waals surface area contributed by atoms with Gasteiger partial charge in [0, 0.05) is 18.3 Å². The van der Waals surface area contributed by atoms with Crippen molar-refractivity contribution in [1.82, 2.24) is 25.9 Å². The lowest BCUT2D eigenvalue weighted by atomic mass is 10.0. The first-order valence-electron chi connectivity index (χ1n) is 11.2. The molecular weight excluding hydrogens is 462 g/mol. The van der Waals surface area contributed by atoms with E-state index in [1.807, 2.05) is 0 Å². The molecule has 0 aliphatic heterocycles. The normalized spacial score (nSPS) is 14.4. The monoisotopic (exact) mass is 497 g/mol. The van der Waals surface area contributed by atoms with Gasteiger partial charge in [-0.05, 0) is 31.7 Å². The van der Waals surface area contributed by atoms with Gasteiger partial charge in [0.2, 0.25) is 17.7 Å². The molecule has 10 N–H and O–H groups in total. The van der Waals surface area contributed by atoms with E-state index in [2.05, 4.69) is 25.9 Å². The number of aromatic nitrogens is 2. The van der Waals surface area contributed by atoms with Gasteiger partial charge in [-0.15, -0.1) is 0 Å². The highest BCUT2D eigenvalue weighted by atomic mass is 16.4. The Morgan fingerprint density at radius 3 is 2.17 bits per heavy atom. The molecule has 0 radical (unpaired) electrons. The van der Waals surface area contributed by atoms with Gasteiger partial charge >= 0.3 is 11.9 Å². The fourth-order valence-corrected chi connectivity index (χ4v) is 3.19. The molecule has 1 aromatic rings. The molecule has 1 heterocycles. The first kappa shape index (κ1) is 29.5. The summed E-state index contributed by atoms with van der Waals surface area (Å²) in [4.78, 5) is 67.2. The summed E-state index contributed by atoms with van der Waals surface area (Å²) < 4.78 is 0. The molecule has 0 aliphatic carbocycles. The van der Waals surface area contributed by atoms with E-state index >= 15 is 0 Å². The Morgan fingerprint density at radius 2 is 1.66 bits per heavy atom. The average molecular weight is 498 g/mol. The molecule has 35 heavy (non-hydrogen) atoms. The number of carboxylic acid groups (broad SMARTS) is 2. The number of unbranched alkanes of at least 4 members (excludes halogenated alkanes) is 1. The highest BCUT2D eigenvalue weighted by molar-refractivity contribution is 5.94. The highest BCUT2D eigenvalue weighted by Crippen LogP contribution is 2.08. The van der Waals surface area contributed by atoms with Crippen molar-refractivity contribution in [2.24, 2.45) is 17.4 Å². The Labute approximate surface area is 202 Å². The van der Waals surface area contributed by atoms with Crippen LogP contribution in [0.2, 0.25) is 0 Å². The molecule has 14 nitrogen and oxygen atoms in total. The maximum atomic E-state index is 13.0. The van der Waals surface area contributed by atoms with Crippen molar-refractivity contribution < 1.29 is 34.2 Å². The molecule has 14 heteroatoms. The third-order valence-electron chi connectivity index (χ3n) is 5.15. The van der Waals surface area contributed by atoms with Gasteiger partial charge in [-0.3, -0.25) is 19.2 Å². The van der Waals surface area contributed by atoms with Crippen molar-refractivity contribution in [3.63, 3.8) is 0 Å². The van der Waals surface area contributed by atoms with Crippen LogP contribution < -0.4 is 27.4 Å². The molecule has 196 valence electrons. The lowest BCUT2D eigenvalue weighted by Gasteiger charge is -2.27. The molecule has 0 saturated heterocycles. The first-order chi connectivity index (χ1) is 16.5. The molecular formula is C21H35N7O7. The topological polar surface area (TPSA) is 243 Å². The number of imidazole rings is 1. The van der Waals surface area contributed by atoms with Crippen molar-refractivity contribution in [3.05, 3.63) is 18.2 Å². The third-order valence-corrected chi connectivity index (χ3v) is 5.15. The Balaban J connectivity index is 2.93. The Kier molecular flexibility index (Phi) is 12.4. The van der Waals surface area contributed by atoms with Crippen molar-refractivity contribution >= 4 is 29.7 Å². The maximum Gasteiger partial charge on any atom is 0.326 e. The van der Waals surface area contributed by atoms with Crippen LogP contribution in [0.1, 0.15) is 45.2 Å². The number of nitrogens with two attached hydrogens (primary N) is 2. The maximum absolute atomic E-state index is 13.0. The van der Waals surface area contributed by atoms with E-state index in [1.165, 1.54) is 12.5 Å². The minimum Gasteiger partial charge on any atom is -0.481 e. The summed E-state index contributed by atoms with van der Waals surface area (Å²) in [5, 5.41) is 25.8. The smallest absolute Gasteiger partial charge is 0.326 e. The number of nitrogens with one attached hydrogen (secondary N) is 4. The van der Waals surface area contributed by atoms with Crippen LogP contribution in [0.15, 0.2) is 12.5 Å². The van der Waals surface area contributed by atoms with E-state index in [4.69, 9.17) is 16.6 Å². The summed E-state index contributed by atoms with van der Waals surface area (Å²) >= 11 is 0. The Bertz CT molecular complexity index is 860. The molecule has 3 amide bonds. The SMILES string of the molecule is CC(C)C(NC(=O)C(CCCCN)NC(=O)C(N)CC(=O)O)C(=O)NC(Cc1cnc[nH]1)C(=O)O. The Hall–Kier alpha value is -3.52. The number of hydrogen-bond acceptors (Lipinski definition) is 8. The summed E-state index contributed by atoms with van der Waals surface area (Å²) in [6.07, 6.45) is 3.39. The number of aromatic amines is 1. The number of aliphatic carboxylic acids is 2. The van der Waals surface area contributed by atoms with Crippen LogP contribution in [0.3, 0.4) is 0 Å². The fourth-order valence-electron chi connectivity index (χ4n) is 3.19. The number of carbonyl (C=O) groups is 5. The second-order valence-corrected chi connectivity index (χ2v) is 8.46. The van der Waals surface area contributed by atoms with Crippen molar-refractivity contribution in [3.8, 4) is 0 Å². The second kappa shape index (κ2) is 14.7. The number of amides is 3. The predicted molar refractivity (Wildman–Crippen MR) is 124 cm³/mol. The summed E-state index contributed by atoms with van der Waals surface area (Å²) in [7, 11) is 0. The van der Waals surface area contributed by atoms with Crippen LogP contribution >= 0.6 is 0 Å². The van der Waals surface area contributed by atoms with Crippen molar-refractivity contribution in [1.29, 1.82) is 0 Å². The van der Waals surface area contributed by atoms with Gasteiger partial charge in [0.05, 0.1) is 18.8 Å². The molecule has 4 unspecified atom stereocenters. The van der Waals surface area contributed by atoms with Crippen LogP contribution in [0.4, 0.5) is 0 Å². The number of rotatable bonds is 16. The predicted octanol–water partition coefficient (Wildman–Crippen LogP) is -1.92. The fraction of sp³-hybridized carbons (Fsp3) is 0.619. The molecule has 4 atom stereocenters. The number of carboxylic acids is 2. The van der Waals surface area contributed by atoms with Crippen LogP contribution in [0.25, 0.3) is 0 Å². The van der Waals surface area contributed by atoms with Gasteiger partial charge in [-0.1, -0.05) is 13.8 Å². The van der Waals surface area contributed by atoms with Crippen LogP contribution in [-0.4, -0.2) is 80.6 Å². The summed E-state index contributed by atoms with van der Waals surface area (Å²) in [6, 6.07) is -4.83. The number of H-pyrrole nitrogens is 1. The summed E-state index contributed by atoms with van der Waals surface area (Å²) in [5.41, 5.74) is 11.6. The standard InChI is InChI=1S/C21H35N7O7/c1-11(2)17(20(33)27-15(21(34)35)7-12-9-24-10-25-12)28-19(32)14(5-3-4-6-22)26-18(31)13(23)8-16(29)30/h9-11,13-15,17H,3-8,22-23H2,1-2H3,(H,24,25)(H,26,31)(H,27,33)(H,28,32)(H,29,30)(H,34,35). The Morgan fingerprint density at radius 1 is 1.00 bits per heavy atom. The first-order valence-corrected chi connectivity index (χ1v) is 11.2. The van der Waals surface area contributed by atoms with Gasteiger partial charge in [0.1, 0.15) is 18.1 Å². The van der Waals surface area contributed by atoms with E-state index < -0.39 is 66.2 Å². The summed E-state index contributed by atoms with van der Waals surface area (Å²) in [6.45, 7) is 3.70. The molecule has 1 rings (SSSR count). The van der Waals surface area contributed by atoms with Gasteiger partial charge in [0.25, 0.3) is 0 Å². The molecule has 0 aromatic carbocycles. The lowest BCUT2D eigenvalue weighted by molar-refractivity contribution is -0.142. The van der Waals surface area contributed by atoms with E-state index in [0.717, 1.165) is 0 Å².